The van der Waals surface area contributed by atoms with Crippen LogP contribution in [0.3, 0.4) is 0 Å². The molecule has 2 aliphatic heterocycles. The van der Waals surface area contributed by atoms with Crippen LogP contribution in [0.5, 0.6) is 0 Å². The lowest BCUT2D eigenvalue weighted by molar-refractivity contribution is 0.129. The summed E-state index contributed by atoms with van der Waals surface area (Å²) in [5.41, 5.74) is 1.14. The molecule has 0 saturated carbocycles. The largest absolute Gasteiger partial charge is 0.301 e. The van der Waals surface area contributed by atoms with Gasteiger partial charge in [-0.3, -0.25) is 4.90 Å². The number of aromatic nitrogens is 3. The molecule has 136 valence electrons. The second-order valence-corrected chi connectivity index (χ2v) is 8.26. The Labute approximate surface area is 147 Å². The molecule has 1 atom stereocenters. The quantitative estimate of drug-likeness (QED) is 0.767. The van der Waals surface area contributed by atoms with Crippen LogP contribution < -0.4 is 0 Å². The highest BCUT2D eigenvalue weighted by molar-refractivity contribution is 4.95. The third kappa shape index (κ3) is 4.79. The van der Waals surface area contributed by atoms with Gasteiger partial charge in [-0.2, -0.15) is 0 Å². The zero-order valence-corrected chi connectivity index (χ0v) is 15.8. The summed E-state index contributed by atoms with van der Waals surface area (Å²) in [6.07, 6.45) is 9.94. The molecule has 0 aliphatic carbocycles. The van der Waals surface area contributed by atoms with Crippen LogP contribution in [-0.2, 0) is 6.54 Å². The number of hydrogen-bond acceptors (Lipinski definition) is 4. The van der Waals surface area contributed by atoms with Gasteiger partial charge in [-0.1, -0.05) is 19.1 Å². The predicted molar refractivity (Wildman–Crippen MR) is 97.9 cm³/mol. The number of hydrogen-bond donors (Lipinski definition) is 0. The zero-order valence-electron chi connectivity index (χ0n) is 15.8. The van der Waals surface area contributed by atoms with Gasteiger partial charge in [0.15, 0.2) is 0 Å². The van der Waals surface area contributed by atoms with Crippen LogP contribution in [0.1, 0.15) is 71.0 Å². The van der Waals surface area contributed by atoms with Crippen molar-refractivity contribution in [3.8, 4) is 0 Å². The normalized spacial score (nSPS) is 22.5. The van der Waals surface area contributed by atoms with Crippen molar-refractivity contribution in [2.75, 3.05) is 26.2 Å². The van der Waals surface area contributed by atoms with E-state index in [4.69, 9.17) is 0 Å². The van der Waals surface area contributed by atoms with E-state index in [0.29, 0.717) is 6.04 Å². The van der Waals surface area contributed by atoms with Crippen molar-refractivity contribution >= 4 is 0 Å². The van der Waals surface area contributed by atoms with Crippen LogP contribution in [0.4, 0.5) is 0 Å². The van der Waals surface area contributed by atoms with E-state index in [-0.39, 0.29) is 0 Å². The summed E-state index contributed by atoms with van der Waals surface area (Å²) >= 11 is 0. The molecule has 5 nitrogen and oxygen atoms in total. The van der Waals surface area contributed by atoms with Crippen molar-refractivity contribution in [3.05, 3.63) is 11.9 Å². The second kappa shape index (κ2) is 8.43. The summed E-state index contributed by atoms with van der Waals surface area (Å²) in [7, 11) is 0. The van der Waals surface area contributed by atoms with Gasteiger partial charge in [0, 0.05) is 25.7 Å². The van der Waals surface area contributed by atoms with Gasteiger partial charge >= 0.3 is 0 Å². The Balaban J connectivity index is 1.45. The first-order valence-electron chi connectivity index (χ1n) is 9.99. The van der Waals surface area contributed by atoms with E-state index in [2.05, 4.69) is 51.8 Å². The maximum absolute atomic E-state index is 4.43. The molecule has 0 amide bonds. The zero-order chi connectivity index (χ0) is 16.9. The lowest BCUT2D eigenvalue weighted by Gasteiger charge is -2.36. The molecule has 24 heavy (non-hydrogen) atoms. The van der Waals surface area contributed by atoms with Gasteiger partial charge in [0.2, 0.25) is 0 Å². The van der Waals surface area contributed by atoms with Gasteiger partial charge in [0.1, 0.15) is 0 Å². The first-order chi connectivity index (χ1) is 11.6. The summed E-state index contributed by atoms with van der Waals surface area (Å²) in [5, 5.41) is 8.85. The molecule has 0 N–H and O–H groups in total. The minimum Gasteiger partial charge on any atom is -0.301 e. The van der Waals surface area contributed by atoms with Gasteiger partial charge in [-0.15, -0.1) is 5.10 Å². The van der Waals surface area contributed by atoms with E-state index in [1.807, 2.05) is 0 Å². The number of nitrogens with zero attached hydrogens (tertiary/aromatic N) is 5. The Morgan fingerprint density at radius 2 is 1.75 bits per heavy atom. The van der Waals surface area contributed by atoms with Crippen LogP contribution in [0, 0.1) is 5.92 Å². The van der Waals surface area contributed by atoms with Crippen molar-refractivity contribution in [2.45, 2.75) is 77.9 Å². The minimum absolute atomic E-state index is 0.540. The molecule has 3 rings (SSSR count). The summed E-state index contributed by atoms with van der Waals surface area (Å²) in [6, 6.07) is 1.26. The van der Waals surface area contributed by atoms with Crippen LogP contribution in [0.25, 0.3) is 0 Å². The molecular weight excluding hydrogens is 298 g/mol. The van der Waals surface area contributed by atoms with E-state index in [1.54, 1.807) is 0 Å². The molecule has 2 aliphatic rings. The molecule has 0 spiro atoms. The van der Waals surface area contributed by atoms with E-state index in [1.165, 1.54) is 64.7 Å². The summed E-state index contributed by atoms with van der Waals surface area (Å²) in [4.78, 5) is 5.16. The highest BCUT2D eigenvalue weighted by Gasteiger charge is 2.25. The van der Waals surface area contributed by atoms with Gasteiger partial charge in [-0.25, -0.2) is 4.68 Å². The second-order valence-electron chi connectivity index (χ2n) is 8.26. The fourth-order valence-electron chi connectivity index (χ4n) is 4.08. The molecule has 1 aromatic heterocycles. The molecule has 1 unspecified atom stereocenters. The lowest BCUT2D eigenvalue weighted by Crippen LogP contribution is -2.40. The van der Waals surface area contributed by atoms with Crippen molar-refractivity contribution in [2.24, 2.45) is 5.92 Å². The van der Waals surface area contributed by atoms with Gasteiger partial charge in [0.05, 0.1) is 17.9 Å². The van der Waals surface area contributed by atoms with Crippen molar-refractivity contribution in [1.82, 2.24) is 24.8 Å². The van der Waals surface area contributed by atoms with Crippen LogP contribution >= 0.6 is 0 Å². The molecule has 3 heterocycles. The van der Waals surface area contributed by atoms with Crippen LogP contribution in [-0.4, -0.2) is 57.0 Å². The van der Waals surface area contributed by atoms with Crippen molar-refractivity contribution in [1.29, 1.82) is 0 Å². The third-order valence-corrected chi connectivity index (χ3v) is 5.80. The van der Waals surface area contributed by atoms with E-state index in [0.717, 1.165) is 24.2 Å². The average molecular weight is 334 g/mol. The molecule has 0 bridgehead atoms. The summed E-state index contributed by atoms with van der Waals surface area (Å²) < 4.78 is 2.14. The fourth-order valence-corrected chi connectivity index (χ4v) is 4.08. The SMILES string of the molecule is CC(C)CCC(C)N1CCC(n2cc(CN3CCCC3)nn2)CC1. The van der Waals surface area contributed by atoms with Crippen molar-refractivity contribution < 1.29 is 0 Å². The maximum atomic E-state index is 4.43. The molecule has 5 heteroatoms. The average Bonchev–Trinajstić information content (AvgIpc) is 3.25. The molecule has 0 aromatic carbocycles. The number of rotatable bonds is 7. The van der Waals surface area contributed by atoms with E-state index < -0.39 is 0 Å². The number of piperidine rings is 1. The topological polar surface area (TPSA) is 37.2 Å². The van der Waals surface area contributed by atoms with Crippen LogP contribution in [0.2, 0.25) is 0 Å². The molecule has 1 aromatic rings. The van der Waals surface area contributed by atoms with Crippen molar-refractivity contribution in [3.63, 3.8) is 0 Å². The first kappa shape index (κ1) is 17.9. The molecule has 2 fully saturated rings. The third-order valence-electron chi connectivity index (χ3n) is 5.80. The highest BCUT2D eigenvalue weighted by Crippen LogP contribution is 2.25. The van der Waals surface area contributed by atoms with Gasteiger partial charge in [-0.05, 0) is 64.5 Å². The molecule has 2 saturated heterocycles. The lowest BCUT2D eigenvalue weighted by atomic mass is 9.99. The first-order valence-corrected chi connectivity index (χ1v) is 9.99. The van der Waals surface area contributed by atoms with E-state index >= 15 is 0 Å². The maximum Gasteiger partial charge on any atom is 0.0967 e. The predicted octanol–water partition coefficient (Wildman–Crippen LogP) is 3.34. The minimum atomic E-state index is 0.540. The Bertz CT molecular complexity index is 484. The highest BCUT2D eigenvalue weighted by atomic mass is 15.4. The summed E-state index contributed by atoms with van der Waals surface area (Å²) in [5.74, 6) is 0.814. The van der Waals surface area contributed by atoms with Gasteiger partial charge < -0.3 is 4.90 Å². The Hall–Kier alpha value is -0.940. The van der Waals surface area contributed by atoms with E-state index in [9.17, 15) is 0 Å². The molecule has 0 radical (unpaired) electrons. The molecular formula is C19H35N5. The smallest absolute Gasteiger partial charge is 0.0967 e. The van der Waals surface area contributed by atoms with Crippen LogP contribution in [0.15, 0.2) is 6.20 Å². The number of likely N-dealkylation sites (tertiary alicyclic amines) is 2. The standard InChI is InChI=1S/C19H35N5/c1-16(2)6-7-17(3)23-12-8-19(9-13-23)24-15-18(20-21-24)14-22-10-4-5-11-22/h15-17,19H,4-14H2,1-3H3. The summed E-state index contributed by atoms with van der Waals surface area (Å²) in [6.45, 7) is 12.9. The van der Waals surface area contributed by atoms with Gasteiger partial charge in [0.25, 0.3) is 0 Å². The Kier molecular flexibility index (Phi) is 6.28. The Morgan fingerprint density at radius 3 is 2.42 bits per heavy atom. The Morgan fingerprint density at radius 1 is 1.04 bits per heavy atom. The monoisotopic (exact) mass is 333 g/mol. The fraction of sp³-hybridized carbons (Fsp3) is 0.895.